The van der Waals surface area contributed by atoms with Gasteiger partial charge in [-0.15, -0.1) is 0 Å². The quantitative estimate of drug-likeness (QED) is 0.273. The van der Waals surface area contributed by atoms with E-state index >= 15 is 0 Å². The van der Waals surface area contributed by atoms with Gasteiger partial charge in [0.25, 0.3) is 5.91 Å². The molecule has 0 bridgehead atoms. The van der Waals surface area contributed by atoms with Crippen LogP contribution in [0.2, 0.25) is 5.02 Å². The average molecular weight is 481 g/mol. The number of hydrogen-bond donors (Lipinski definition) is 2. The van der Waals surface area contributed by atoms with E-state index in [0.29, 0.717) is 23.0 Å². The first kappa shape index (κ1) is 22.7. The number of carbonyl (C=O) groups excluding carboxylic acids is 1. The second-order valence-electron chi connectivity index (χ2n) is 8.47. The highest BCUT2D eigenvalue weighted by Gasteiger charge is 2.18. The Balaban J connectivity index is 1.56. The van der Waals surface area contributed by atoms with Crippen molar-refractivity contribution in [1.82, 2.24) is 19.9 Å². The predicted octanol–water partition coefficient (Wildman–Crippen LogP) is 6.48. The topological polar surface area (TPSA) is 62.7 Å². The number of nitrogens with zero attached hydrogens (tertiary/aromatic N) is 2. The van der Waals surface area contributed by atoms with Crippen LogP contribution in [0.4, 0.5) is 0 Å². The first-order valence-electron chi connectivity index (χ1n) is 11.4. The molecular weight excluding hydrogens is 456 g/mol. The molecule has 3 aromatic carbocycles. The highest BCUT2D eigenvalue weighted by atomic mass is 35.5. The maximum Gasteiger partial charge on any atom is 0.255 e. The van der Waals surface area contributed by atoms with E-state index in [9.17, 15) is 4.79 Å². The largest absolute Gasteiger partial charge is 0.348 e. The second kappa shape index (κ2) is 9.65. The number of nitrogens with one attached hydrogen (secondary N) is 2. The fourth-order valence-corrected chi connectivity index (χ4v) is 4.40. The molecule has 0 fully saturated rings. The summed E-state index contributed by atoms with van der Waals surface area (Å²) in [7, 11) is 0. The molecule has 0 saturated carbocycles. The smallest absolute Gasteiger partial charge is 0.255 e. The van der Waals surface area contributed by atoms with Gasteiger partial charge in [0.15, 0.2) is 0 Å². The summed E-state index contributed by atoms with van der Waals surface area (Å²) in [4.78, 5) is 21.5. The lowest BCUT2D eigenvalue weighted by Gasteiger charge is -2.10. The van der Waals surface area contributed by atoms with Crippen LogP contribution in [0.15, 0.2) is 84.9 Å². The number of aromatic amines is 1. The van der Waals surface area contributed by atoms with Crippen molar-refractivity contribution in [2.45, 2.75) is 20.4 Å². The molecule has 1 amide bonds. The van der Waals surface area contributed by atoms with Crippen LogP contribution in [0.1, 0.15) is 28.3 Å². The van der Waals surface area contributed by atoms with E-state index in [4.69, 9.17) is 16.6 Å². The van der Waals surface area contributed by atoms with Crippen molar-refractivity contribution in [3.63, 3.8) is 0 Å². The van der Waals surface area contributed by atoms with Crippen molar-refractivity contribution in [2.24, 2.45) is 0 Å². The van der Waals surface area contributed by atoms with Gasteiger partial charge < -0.3 is 14.9 Å². The second-order valence-corrected chi connectivity index (χ2v) is 8.90. The standard InChI is InChI=1S/C29H25ClN4O/c1-19-16-22(20(2)34(19)24-14-12-23(30)13-15-24)17-25(28-32-26-10-6-7-11-27(26)33-28)29(35)31-18-21-8-4-3-5-9-21/h3-17H,18H2,1-2H3,(H,31,35)(H,32,33). The monoisotopic (exact) mass is 480 g/mol. The van der Waals surface area contributed by atoms with Gasteiger partial charge in [-0.1, -0.05) is 54.1 Å². The van der Waals surface area contributed by atoms with Gasteiger partial charge in [0.1, 0.15) is 5.82 Å². The molecule has 5 aromatic rings. The number of benzene rings is 3. The molecule has 0 atom stereocenters. The number of aromatic nitrogens is 3. The van der Waals surface area contributed by atoms with E-state index < -0.39 is 0 Å². The number of fused-ring (bicyclic) bond motifs is 1. The Morgan fingerprint density at radius 3 is 2.46 bits per heavy atom. The van der Waals surface area contributed by atoms with Crippen molar-refractivity contribution >= 4 is 40.2 Å². The number of H-pyrrole nitrogens is 1. The molecule has 2 aromatic heterocycles. The van der Waals surface area contributed by atoms with Gasteiger partial charge in [0, 0.05) is 28.6 Å². The van der Waals surface area contributed by atoms with Gasteiger partial charge in [-0.3, -0.25) is 4.79 Å². The predicted molar refractivity (Wildman–Crippen MR) is 143 cm³/mol. The maximum absolute atomic E-state index is 13.4. The Morgan fingerprint density at radius 2 is 1.71 bits per heavy atom. The van der Waals surface area contributed by atoms with Gasteiger partial charge in [0.2, 0.25) is 0 Å². The number of amides is 1. The van der Waals surface area contributed by atoms with Crippen molar-refractivity contribution in [1.29, 1.82) is 0 Å². The third-order valence-electron chi connectivity index (χ3n) is 6.04. The minimum atomic E-state index is -0.191. The molecular formula is C29H25ClN4O. The number of carbonyl (C=O) groups is 1. The summed E-state index contributed by atoms with van der Waals surface area (Å²) in [6, 6.07) is 27.4. The summed E-state index contributed by atoms with van der Waals surface area (Å²) >= 11 is 6.09. The molecule has 6 heteroatoms. The van der Waals surface area contributed by atoms with Crippen LogP contribution in [0, 0.1) is 13.8 Å². The molecule has 0 saturated heterocycles. The zero-order valence-corrected chi connectivity index (χ0v) is 20.3. The maximum atomic E-state index is 13.4. The lowest BCUT2D eigenvalue weighted by Crippen LogP contribution is -2.24. The van der Waals surface area contributed by atoms with Crippen molar-refractivity contribution in [3.05, 3.63) is 118 Å². The van der Waals surface area contributed by atoms with Gasteiger partial charge in [-0.05, 0) is 73.5 Å². The van der Waals surface area contributed by atoms with Crippen LogP contribution in [-0.2, 0) is 11.3 Å². The number of hydrogen-bond acceptors (Lipinski definition) is 2. The summed E-state index contributed by atoms with van der Waals surface area (Å²) in [6.07, 6.45) is 1.91. The summed E-state index contributed by atoms with van der Waals surface area (Å²) in [5, 5.41) is 3.75. The number of imidazole rings is 1. The molecule has 5 rings (SSSR count). The number of halogens is 1. The third-order valence-corrected chi connectivity index (χ3v) is 6.29. The lowest BCUT2D eigenvalue weighted by atomic mass is 10.1. The first-order valence-corrected chi connectivity index (χ1v) is 11.8. The van der Waals surface area contributed by atoms with Gasteiger partial charge in [0.05, 0.1) is 16.6 Å². The van der Waals surface area contributed by atoms with Crippen molar-refractivity contribution < 1.29 is 4.79 Å². The lowest BCUT2D eigenvalue weighted by molar-refractivity contribution is -0.115. The summed E-state index contributed by atoms with van der Waals surface area (Å²) in [6.45, 7) is 4.53. The van der Waals surface area contributed by atoms with Crippen LogP contribution < -0.4 is 5.32 Å². The molecule has 5 nitrogen and oxygen atoms in total. The fraction of sp³-hybridized carbons (Fsp3) is 0.103. The Hall–Kier alpha value is -4.09. The molecule has 2 heterocycles. The Kier molecular flexibility index (Phi) is 6.25. The number of rotatable bonds is 6. The molecule has 0 radical (unpaired) electrons. The molecule has 35 heavy (non-hydrogen) atoms. The highest BCUT2D eigenvalue weighted by molar-refractivity contribution is 6.30. The minimum Gasteiger partial charge on any atom is -0.348 e. The molecule has 0 aliphatic heterocycles. The summed E-state index contributed by atoms with van der Waals surface area (Å²) in [5.74, 6) is 0.345. The SMILES string of the molecule is Cc1cc(C=C(C(=O)NCc2ccccc2)c2nc3ccccc3[nH]2)c(C)n1-c1ccc(Cl)cc1. The van der Waals surface area contributed by atoms with Gasteiger partial charge in [-0.25, -0.2) is 4.98 Å². The van der Waals surface area contributed by atoms with Crippen molar-refractivity contribution in [3.8, 4) is 5.69 Å². The molecule has 0 spiro atoms. The van der Waals surface area contributed by atoms with E-state index in [2.05, 4.69) is 27.9 Å². The minimum absolute atomic E-state index is 0.191. The zero-order chi connectivity index (χ0) is 24.4. The normalized spacial score (nSPS) is 11.7. The van der Waals surface area contributed by atoms with Crippen LogP contribution in [-0.4, -0.2) is 20.4 Å². The fourth-order valence-electron chi connectivity index (χ4n) is 4.27. The van der Waals surface area contributed by atoms with Crippen molar-refractivity contribution in [2.75, 3.05) is 0 Å². The Labute approximate surface area is 209 Å². The molecule has 0 unspecified atom stereocenters. The average Bonchev–Trinajstić information content (AvgIpc) is 3.42. The molecule has 2 N–H and O–H groups in total. The van der Waals surface area contributed by atoms with Crippen LogP contribution in [0.3, 0.4) is 0 Å². The van der Waals surface area contributed by atoms with E-state index in [-0.39, 0.29) is 5.91 Å². The van der Waals surface area contributed by atoms with Crippen LogP contribution >= 0.6 is 11.6 Å². The van der Waals surface area contributed by atoms with E-state index in [1.165, 1.54) is 0 Å². The van der Waals surface area contributed by atoms with Crippen LogP contribution in [0.25, 0.3) is 28.4 Å². The van der Waals surface area contributed by atoms with Gasteiger partial charge >= 0.3 is 0 Å². The molecule has 0 aliphatic carbocycles. The van der Waals surface area contributed by atoms with E-state index in [1.807, 2.05) is 91.9 Å². The Bertz CT molecular complexity index is 1500. The molecule has 174 valence electrons. The first-order chi connectivity index (χ1) is 17.0. The van der Waals surface area contributed by atoms with Gasteiger partial charge in [-0.2, -0.15) is 0 Å². The number of para-hydroxylation sites is 2. The summed E-state index contributed by atoms with van der Waals surface area (Å²) < 4.78 is 2.15. The molecule has 0 aliphatic rings. The summed E-state index contributed by atoms with van der Waals surface area (Å²) in [5.41, 5.74) is 7.26. The van der Waals surface area contributed by atoms with E-state index in [0.717, 1.165) is 39.2 Å². The van der Waals surface area contributed by atoms with E-state index in [1.54, 1.807) is 0 Å². The Morgan fingerprint density at radius 1 is 1.00 bits per heavy atom. The zero-order valence-electron chi connectivity index (χ0n) is 19.5. The number of aryl methyl sites for hydroxylation is 1. The highest BCUT2D eigenvalue weighted by Crippen LogP contribution is 2.26. The van der Waals surface area contributed by atoms with Crippen LogP contribution in [0.5, 0.6) is 0 Å². The third kappa shape index (κ3) is 4.77.